The molecular formula is C12H20N2O. The summed E-state index contributed by atoms with van der Waals surface area (Å²) in [6, 6.07) is 4.08. The molecular weight excluding hydrogens is 188 g/mol. The highest BCUT2D eigenvalue weighted by molar-refractivity contribution is 5.12. The van der Waals surface area contributed by atoms with Crippen molar-refractivity contribution in [3.63, 3.8) is 0 Å². The van der Waals surface area contributed by atoms with Crippen molar-refractivity contribution in [2.24, 2.45) is 0 Å². The van der Waals surface area contributed by atoms with Crippen LogP contribution in [0, 0.1) is 6.92 Å². The molecule has 2 N–H and O–H groups in total. The average Bonchev–Trinajstić information content (AvgIpc) is 2.14. The zero-order valence-corrected chi connectivity index (χ0v) is 9.75. The molecule has 0 radical (unpaired) electrons. The van der Waals surface area contributed by atoms with Gasteiger partial charge >= 0.3 is 0 Å². The lowest BCUT2D eigenvalue weighted by Crippen LogP contribution is -2.26. The highest BCUT2D eigenvalue weighted by atomic mass is 16.3. The Morgan fingerprint density at radius 1 is 1.40 bits per heavy atom. The Labute approximate surface area is 91.5 Å². The van der Waals surface area contributed by atoms with E-state index in [-0.39, 0.29) is 0 Å². The molecule has 0 bridgehead atoms. The summed E-state index contributed by atoms with van der Waals surface area (Å²) in [7, 11) is 0. The number of hydrogen-bond acceptors (Lipinski definition) is 3. The monoisotopic (exact) mass is 208 g/mol. The number of aromatic nitrogens is 1. The van der Waals surface area contributed by atoms with E-state index in [0.29, 0.717) is 0 Å². The van der Waals surface area contributed by atoms with Crippen molar-refractivity contribution in [1.29, 1.82) is 0 Å². The van der Waals surface area contributed by atoms with Gasteiger partial charge in [-0.25, -0.2) is 0 Å². The minimum atomic E-state index is -0.585. The number of pyridine rings is 1. The largest absolute Gasteiger partial charge is 0.390 e. The molecule has 84 valence electrons. The van der Waals surface area contributed by atoms with E-state index >= 15 is 0 Å². The first-order valence-corrected chi connectivity index (χ1v) is 5.32. The lowest BCUT2D eigenvalue weighted by molar-refractivity contribution is 0.0711. The average molecular weight is 208 g/mol. The first-order chi connectivity index (χ1) is 6.97. The topological polar surface area (TPSA) is 45.1 Å². The van der Waals surface area contributed by atoms with Crippen molar-refractivity contribution in [2.75, 3.05) is 6.54 Å². The molecule has 0 unspecified atom stereocenters. The molecule has 0 saturated carbocycles. The minimum absolute atomic E-state index is 0.585. The molecule has 0 atom stereocenters. The summed E-state index contributed by atoms with van der Waals surface area (Å²) in [4.78, 5) is 4.22. The Hall–Kier alpha value is -0.930. The van der Waals surface area contributed by atoms with Gasteiger partial charge in [-0.2, -0.15) is 0 Å². The zero-order chi connectivity index (χ0) is 11.3. The molecule has 1 heterocycles. The lowest BCUT2D eigenvalue weighted by Gasteiger charge is -2.16. The van der Waals surface area contributed by atoms with Crippen LogP contribution in [0.15, 0.2) is 18.3 Å². The van der Waals surface area contributed by atoms with Crippen molar-refractivity contribution in [2.45, 2.75) is 39.3 Å². The number of hydrogen-bond donors (Lipinski definition) is 2. The molecule has 3 heteroatoms. The molecule has 0 amide bonds. The lowest BCUT2D eigenvalue weighted by atomic mass is 10.1. The molecule has 1 rings (SSSR count). The summed E-state index contributed by atoms with van der Waals surface area (Å²) < 4.78 is 0. The number of rotatable bonds is 5. The number of nitrogens with zero attached hydrogens (tertiary/aromatic N) is 1. The maximum atomic E-state index is 9.50. The third-order valence-corrected chi connectivity index (χ3v) is 2.22. The van der Waals surface area contributed by atoms with Crippen LogP contribution >= 0.6 is 0 Å². The van der Waals surface area contributed by atoms with Gasteiger partial charge < -0.3 is 10.4 Å². The van der Waals surface area contributed by atoms with E-state index in [0.717, 1.165) is 25.2 Å². The van der Waals surface area contributed by atoms with Crippen LogP contribution in [0.5, 0.6) is 0 Å². The van der Waals surface area contributed by atoms with Gasteiger partial charge in [0, 0.05) is 18.4 Å². The van der Waals surface area contributed by atoms with Crippen molar-refractivity contribution in [3.8, 4) is 0 Å². The van der Waals surface area contributed by atoms with Crippen molar-refractivity contribution in [3.05, 3.63) is 29.6 Å². The van der Waals surface area contributed by atoms with Crippen LogP contribution in [0.1, 0.15) is 31.5 Å². The maximum Gasteiger partial charge on any atom is 0.0603 e. The van der Waals surface area contributed by atoms with Gasteiger partial charge in [0.25, 0.3) is 0 Å². The summed E-state index contributed by atoms with van der Waals surface area (Å²) in [6.45, 7) is 7.25. The third kappa shape index (κ3) is 5.50. The quantitative estimate of drug-likeness (QED) is 0.723. The van der Waals surface area contributed by atoms with Gasteiger partial charge in [-0.05, 0) is 45.4 Å². The standard InChI is InChI=1S/C12H20N2O/c1-10-4-5-11(9-14-10)8-13-7-6-12(2,3)15/h4-5,9,13,15H,6-8H2,1-3H3. The molecule has 0 saturated heterocycles. The van der Waals surface area contributed by atoms with E-state index in [1.807, 2.05) is 33.0 Å². The van der Waals surface area contributed by atoms with E-state index in [1.165, 1.54) is 5.56 Å². The van der Waals surface area contributed by atoms with Crippen LogP contribution in [0.4, 0.5) is 0 Å². The van der Waals surface area contributed by atoms with Gasteiger partial charge in [0.15, 0.2) is 0 Å². The molecule has 3 nitrogen and oxygen atoms in total. The first-order valence-electron chi connectivity index (χ1n) is 5.32. The Morgan fingerprint density at radius 2 is 2.13 bits per heavy atom. The fraction of sp³-hybridized carbons (Fsp3) is 0.583. The van der Waals surface area contributed by atoms with Crippen molar-refractivity contribution < 1.29 is 5.11 Å². The van der Waals surface area contributed by atoms with Crippen LogP contribution < -0.4 is 5.32 Å². The fourth-order valence-electron chi connectivity index (χ4n) is 1.23. The van der Waals surface area contributed by atoms with Gasteiger partial charge in [0.2, 0.25) is 0 Å². The van der Waals surface area contributed by atoms with Crippen LogP contribution in [-0.4, -0.2) is 22.2 Å². The molecule has 1 aromatic heterocycles. The predicted octanol–water partition coefficient (Wildman–Crippen LogP) is 1.64. The molecule has 0 fully saturated rings. The summed E-state index contributed by atoms with van der Waals surface area (Å²) in [5.41, 5.74) is 1.63. The minimum Gasteiger partial charge on any atom is -0.390 e. The predicted molar refractivity (Wildman–Crippen MR) is 61.6 cm³/mol. The summed E-state index contributed by atoms with van der Waals surface area (Å²) in [5.74, 6) is 0. The summed E-state index contributed by atoms with van der Waals surface area (Å²) in [6.07, 6.45) is 2.64. The van der Waals surface area contributed by atoms with E-state index in [9.17, 15) is 5.11 Å². The summed E-state index contributed by atoms with van der Waals surface area (Å²) >= 11 is 0. The van der Waals surface area contributed by atoms with Gasteiger partial charge in [0.05, 0.1) is 5.60 Å². The van der Waals surface area contributed by atoms with Gasteiger partial charge in [-0.15, -0.1) is 0 Å². The number of aryl methyl sites for hydroxylation is 1. The van der Waals surface area contributed by atoms with Crippen molar-refractivity contribution >= 4 is 0 Å². The summed E-state index contributed by atoms with van der Waals surface area (Å²) in [5, 5.41) is 12.8. The molecule has 0 aromatic carbocycles. The molecule has 15 heavy (non-hydrogen) atoms. The molecule has 0 aliphatic carbocycles. The molecule has 0 aliphatic rings. The van der Waals surface area contributed by atoms with Crippen LogP contribution in [-0.2, 0) is 6.54 Å². The number of aliphatic hydroxyl groups is 1. The Balaban J connectivity index is 2.23. The Kier molecular flexibility index (Phi) is 4.24. The first kappa shape index (κ1) is 12.1. The van der Waals surface area contributed by atoms with E-state index < -0.39 is 5.60 Å². The highest BCUT2D eigenvalue weighted by Crippen LogP contribution is 2.05. The van der Waals surface area contributed by atoms with E-state index in [4.69, 9.17) is 0 Å². The maximum absolute atomic E-state index is 9.50. The van der Waals surface area contributed by atoms with Gasteiger partial charge in [-0.3, -0.25) is 4.98 Å². The second kappa shape index (κ2) is 5.24. The SMILES string of the molecule is Cc1ccc(CNCCC(C)(C)O)cn1. The van der Waals surface area contributed by atoms with Crippen LogP contribution in [0.25, 0.3) is 0 Å². The van der Waals surface area contributed by atoms with E-state index in [1.54, 1.807) is 0 Å². The van der Waals surface area contributed by atoms with Gasteiger partial charge in [-0.1, -0.05) is 6.07 Å². The number of nitrogens with one attached hydrogen (secondary N) is 1. The highest BCUT2D eigenvalue weighted by Gasteiger charge is 2.10. The Bertz CT molecular complexity index is 287. The smallest absolute Gasteiger partial charge is 0.0603 e. The second-order valence-corrected chi connectivity index (χ2v) is 4.55. The van der Waals surface area contributed by atoms with Crippen LogP contribution in [0.2, 0.25) is 0 Å². The normalized spacial score (nSPS) is 11.7. The fourth-order valence-corrected chi connectivity index (χ4v) is 1.23. The molecule has 0 aliphatic heterocycles. The van der Waals surface area contributed by atoms with Crippen LogP contribution in [0.3, 0.4) is 0 Å². The van der Waals surface area contributed by atoms with Gasteiger partial charge in [0.1, 0.15) is 0 Å². The van der Waals surface area contributed by atoms with E-state index in [2.05, 4.69) is 16.4 Å². The third-order valence-electron chi connectivity index (χ3n) is 2.22. The molecule has 1 aromatic rings. The zero-order valence-electron chi connectivity index (χ0n) is 9.75. The Morgan fingerprint density at radius 3 is 2.67 bits per heavy atom. The molecule has 0 spiro atoms. The second-order valence-electron chi connectivity index (χ2n) is 4.55. The van der Waals surface area contributed by atoms with Crippen molar-refractivity contribution in [1.82, 2.24) is 10.3 Å².